The molecule has 1 rings (SSSR count). The topological polar surface area (TPSA) is 97.4 Å². The number of ether oxygens (including phenoxy) is 5. The van der Waals surface area contributed by atoms with Crippen molar-refractivity contribution in [2.75, 3.05) is 13.2 Å². The smallest absolute Gasteiger partial charge is 0.352 e. The van der Waals surface area contributed by atoms with Crippen LogP contribution in [-0.4, -0.2) is 54.7 Å². The molecule has 0 N–H and O–H groups in total. The molecular weight excluding hydrogens is 304 g/mol. The predicted octanol–water partition coefficient (Wildman–Crippen LogP) is 0.113. The van der Waals surface area contributed by atoms with Crippen LogP contribution in [0.4, 0.5) is 0 Å². The van der Waals surface area contributed by atoms with Crippen LogP contribution < -0.4 is 0 Å². The van der Waals surface area contributed by atoms with Crippen LogP contribution in [0.15, 0.2) is 0 Å². The largest absolute Gasteiger partial charge is 0.462 e. The number of rotatable bonds is 6. The van der Waals surface area contributed by atoms with E-state index in [0.717, 1.165) is 0 Å². The van der Waals surface area contributed by atoms with Gasteiger partial charge in [-0.1, -0.05) is 0 Å². The van der Waals surface area contributed by atoms with Gasteiger partial charge in [-0.05, 0) is 0 Å². The average molecular weight is 320 g/mol. The van der Waals surface area contributed by atoms with Gasteiger partial charge in [-0.15, -0.1) is 0 Å². The van der Waals surface area contributed by atoms with Crippen LogP contribution in [0, 0.1) is 0 Å². The van der Waals surface area contributed by atoms with E-state index in [1.54, 1.807) is 0 Å². The highest BCUT2D eigenvalue weighted by molar-refractivity contribution is 7.79. The normalized spacial score (nSPS) is 19.8. The lowest BCUT2D eigenvalue weighted by Crippen LogP contribution is -2.46. The Kier molecular flexibility index (Phi) is 6.35. The van der Waals surface area contributed by atoms with Crippen LogP contribution in [0.3, 0.4) is 0 Å². The highest BCUT2D eigenvalue weighted by Gasteiger charge is 2.41. The molecule has 1 saturated heterocycles. The van der Waals surface area contributed by atoms with E-state index in [0.29, 0.717) is 0 Å². The predicted molar refractivity (Wildman–Crippen MR) is 71.2 cm³/mol. The maximum absolute atomic E-state index is 11.2. The van der Waals surface area contributed by atoms with E-state index in [2.05, 4.69) is 0 Å². The molecule has 0 aromatic heterocycles. The summed E-state index contributed by atoms with van der Waals surface area (Å²) < 4.78 is 25.1. The molecule has 1 fully saturated rings. The monoisotopic (exact) mass is 320 g/mol. The Hall–Kier alpha value is -1.90. The fourth-order valence-corrected chi connectivity index (χ4v) is 1.89. The number of carbonyl (C=O) groups excluding carboxylic acids is 3. The maximum atomic E-state index is 11.2. The Labute approximate surface area is 126 Å². The van der Waals surface area contributed by atoms with E-state index >= 15 is 0 Å². The molecule has 0 bridgehead atoms. The minimum atomic E-state index is -1.02. The van der Waals surface area contributed by atoms with Crippen molar-refractivity contribution < 1.29 is 38.1 Å². The summed E-state index contributed by atoms with van der Waals surface area (Å²) in [6.45, 7) is 3.34. The zero-order chi connectivity index (χ0) is 16.0. The molecule has 0 radical (unpaired) electrons. The van der Waals surface area contributed by atoms with Gasteiger partial charge in [0, 0.05) is 33.0 Å². The molecule has 0 aromatic carbocycles. The average Bonchev–Trinajstić information content (AvgIpc) is 2.77. The standard InChI is InChI=1S/C12H16O8S/c1-6(13)16-4-9(18-7(2)14)11(19-8(3)15)10-5-17-12(21)20-10/h9-11H,4-5H2,1-3H3/t9?,10-,11?/m0/s1. The van der Waals surface area contributed by atoms with Gasteiger partial charge >= 0.3 is 23.1 Å². The lowest BCUT2D eigenvalue weighted by atomic mass is 10.1. The van der Waals surface area contributed by atoms with Crippen LogP contribution in [-0.2, 0) is 38.1 Å². The zero-order valence-electron chi connectivity index (χ0n) is 11.8. The van der Waals surface area contributed by atoms with E-state index in [9.17, 15) is 14.4 Å². The van der Waals surface area contributed by atoms with Crippen LogP contribution in [0.5, 0.6) is 0 Å². The summed E-state index contributed by atoms with van der Waals surface area (Å²) in [6.07, 6.45) is -2.78. The van der Waals surface area contributed by atoms with Gasteiger partial charge in [0.25, 0.3) is 0 Å². The Morgan fingerprint density at radius 2 is 1.81 bits per heavy atom. The van der Waals surface area contributed by atoms with Crippen molar-refractivity contribution in [1.82, 2.24) is 0 Å². The van der Waals surface area contributed by atoms with Crippen LogP contribution in [0.1, 0.15) is 20.8 Å². The number of thiocarbonyl (C=S) groups is 1. The molecule has 8 nitrogen and oxygen atoms in total. The van der Waals surface area contributed by atoms with Crippen LogP contribution >= 0.6 is 12.2 Å². The second-order valence-corrected chi connectivity index (χ2v) is 4.58. The summed E-state index contributed by atoms with van der Waals surface area (Å²) >= 11 is 4.73. The van der Waals surface area contributed by atoms with Crippen LogP contribution in [0.25, 0.3) is 0 Å². The maximum Gasteiger partial charge on any atom is 0.352 e. The lowest BCUT2D eigenvalue weighted by Gasteiger charge is -2.28. The van der Waals surface area contributed by atoms with Crippen molar-refractivity contribution in [2.45, 2.75) is 39.1 Å². The number of hydrogen-bond donors (Lipinski definition) is 0. The zero-order valence-corrected chi connectivity index (χ0v) is 12.6. The summed E-state index contributed by atoms with van der Waals surface area (Å²) in [5.41, 5.74) is 0. The second kappa shape index (κ2) is 7.77. The van der Waals surface area contributed by atoms with Gasteiger partial charge in [-0.2, -0.15) is 0 Å². The summed E-state index contributed by atoms with van der Waals surface area (Å²) in [4.78, 5) is 33.3. The molecule has 0 amide bonds. The van der Waals surface area contributed by atoms with Gasteiger partial charge in [0.2, 0.25) is 0 Å². The number of hydrogen-bond acceptors (Lipinski definition) is 9. The molecule has 1 heterocycles. The molecule has 0 aliphatic carbocycles. The highest BCUT2D eigenvalue weighted by atomic mass is 32.1. The molecule has 0 spiro atoms. The molecular formula is C12H16O8S. The summed E-state index contributed by atoms with van der Waals surface area (Å²) in [7, 11) is 0. The molecule has 118 valence electrons. The molecule has 0 saturated carbocycles. The van der Waals surface area contributed by atoms with Crippen molar-refractivity contribution in [3.8, 4) is 0 Å². The van der Waals surface area contributed by atoms with Gasteiger partial charge in [-0.25, -0.2) is 0 Å². The van der Waals surface area contributed by atoms with Gasteiger partial charge < -0.3 is 23.7 Å². The fraction of sp³-hybridized carbons (Fsp3) is 0.667. The first-order chi connectivity index (χ1) is 9.79. The van der Waals surface area contributed by atoms with E-state index in [1.807, 2.05) is 0 Å². The first kappa shape index (κ1) is 17.2. The van der Waals surface area contributed by atoms with Crippen LogP contribution in [0.2, 0.25) is 0 Å². The van der Waals surface area contributed by atoms with Gasteiger partial charge in [0.15, 0.2) is 18.3 Å². The van der Waals surface area contributed by atoms with E-state index in [1.165, 1.54) is 20.8 Å². The first-order valence-electron chi connectivity index (χ1n) is 6.10. The minimum Gasteiger partial charge on any atom is -0.462 e. The third-order valence-electron chi connectivity index (χ3n) is 2.42. The van der Waals surface area contributed by atoms with Gasteiger partial charge in [-0.3, -0.25) is 14.4 Å². The molecule has 3 atom stereocenters. The molecule has 21 heavy (non-hydrogen) atoms. The van der Waals surface area contributed by atoms with Crippen molar-refractivity contribution in [1.29, 1.82) is 0 Å². The molecule has 1 aliphatic heterocycles. The Balaban J connectivity index is 2.86. The van der Waals surface area contributed by atoms with E-state index < -0.39 is 36.2 Å². The first-order valence-corrected chi connectivity index (χ1v) is 6.51. The van der Waals surface area contributed by atoms with Gasteiger partial charge in [0.05, 0.1) is 0 Å². The van der Waals surface area contributed by atoms with Gasteiger partial charge in [0.1, 0.15) is 13.2 Å². The Bertz CT molecular complexity index is 435. The number of carbonyl (C=O) groups is 3. The third kappa shape index (κ3) is 5.94. The molecule has 0 aromatic rings. The lowest BCUT2D eigenvalue weighted by molar-refractivity contribution is -0.180. The van der Waals surface area contributed by atoms with E-state index in [4.69, 9.17) is 35.9 Å². The van der Waals surface area contributed by atoms with E-state index in [-0.39, 0.29) is 18.5 Å². The molecule has 9 heteroatoms. The molecule has 2 unspecified atom stereocenters. The highest BCUT2D eigenvalue weighted by Crippen LogP contribution is 2.19. The third-order valence-corrected chi connectivity index (χ3v) is 2.63. The minimum absolute atomic E-state index is 0.0363. The fourth-order valence-electron chi connectivity index (χ4n) is 1.70. The summed E-state index contributed by atoms with van der Waals surface area (Å²) in [5.74, 6) is -1.79. The molecule has 1 aliphatic rings. The Morgan fingerprint density at radius 1 is 1.19 bits per heavy atom. The second-order valence-electron chi connectivity index (χ2n) is 4.24. The number of esters is 3. The Morgan fingerprint density at radius 3 is 2.24 bits per heavy atom. The SMILES string of the molecule is CC(=O)OCC(OC(C)=O)C(OC(C)=O)[C@@H]1COC(=S)O1. The quantitative estimate of drug-likeness (QED) is 0.384. The van der Waals surface area contributed by atoms with Crippen molar-refractivity contribution in [2.24, 2.45) is 0 Å². The summed E-state index contributed by atoms with van der Waals surface area (Å²) in [5, 5.41) is -0.0915. The van der Waals surface area contributed by atoms with Crippen molar-refractivity contribution in [3.63, 3.8) is 0 Å². The van der Waals surface area contributed by atoms with Crippen molar-refractivity contribution >= 4 is 35.4 Å². The summed E-state index contributed by atoms with van der Waals surface area (Å²) in [6, 6.07) is 0. The van der Waals surface area contributed by atoms with Crippen molar-refractivity contribution in [3.05, 3.63) is 0 Å².